The highest BCUT2D eigenvalue weighted by molar-refractivity contribution is 7.19. The molecule has 6 heterocycles. The van der Waals surface area contributed by atoms with Crippen molar-refractivity contribution in [2.45, 2.75) is 20.8 Å². The van der Waals surface area contributed by atoms with Gasteiger partial charge in [0.05, 0.1) is 0 Å². The molecule has 12 nitrogen and oxygen atoms in total. The maximum Gasteiger partial charge on any atom is 0.148 e. The lowest BCUT2D eigenvalue weighted by Gasteiger charge is -2.05. The van der Waals surface area contributed by atoms with Gasteiger partial charge in [-0.3, -0.25) is 0 Å². The number of aryl methyl sites for hydroxylation is 3. The molecular formula is C39H24N12S6. The van der Waals surface area contributed by atoms with Crippen molar-refractivity contribution >= 4 is 68.0 Å². The molecule has 6 aromatic heterocycles. The predicted molar refractivity (Wildman–Crippen MR) is 230 cm³/mol. The van der Waals surface area contributed by atoms with Crippen molar-refractivity contribution in [2.75, 3.05) is 0 Å². The molecule has 4 aromatic carbocycles. The van der Waals surface area contributed by atoms with Gasteiger partial charge in [0.15, 0.2) is 0 Å². The van der Waals surface area contributed by atoms with Crippen LogP contribution in [0.2, 0.25) is 0 Å². The molecule has 0 fully saturated rings. The normalized spacial score (nSPS) is 11.4. The molecule has 0 radical (unpaired) electrons. The maximum absolute atomic E-state index is 4.68. The number of hydrogen-bond donors (Lipinski definition) is 0. The van der Waals surface area contributed by atoms with Crippen molar-refractivity contribution in [1.29, 1.82) is 0 Å². The highest BCUT2D eigenvalue weighted by atomic mass is 32.1. The Kier molecular flexibility index (Phi) is 9.35. The molecule has 0 aliphatic heterocycles. The van der Waals surface area contributed by atoms with Gasteiger partial charge in [-0.15, -0.1) is 61.2 Å². The van der Waals surface area contributed by atoms with Gasteiger partial charge in [0.25, 0.3) is 0 Å². The van der Waals surface area contributed by atoms with E-state index in [4.69, 9.17) is 0 Å². The first-order valence-corrected chi connectivity index (χ1v) is 22.2. The standard InChI is InChI=1S/C39H24N12S6/c1-19-40-43-31(52-19)22-7-4-10-25(13-22)34-46-49-37(55-34)28-16-29(38-50-47-35(56-38)26-11-5-8-23(14-26)32-44-41-20(2)53-32)18-30(17-28)39-51-48-36(57-39)27-12-6-9-24(15-27)33-45-42-21(3)54-33/h4-18H,1-3H3. The SMILES string of the molecule is Cc1nnc(-c2cccc(-c3nnc(-c4cc(-c5nnc(-c6cccc(-c7nnc(C)s7)c6)s5)cc(-c5nnc(-c6cccc(-c7nnc(C)s7)c6)s5)c4)s3)c2)s1. The van der Waals surface area contributed by atoms with Crippen LogP contribution in [-0.2, 0) is 0 Å². The van der Waals surface area contributed by atoms with E-state index in [1.54, 1.807) is 34.0 Å². The average molecular weight is 853 g/mol. The molecular weight excluding hydrogens is 829 g/mol. The summed E-state index contributed by atoms with van der Waals surface area (Å²) in [6, 6.07) is 30.8. The average Bonchev–Trinajstić information content (AvgIpc) is 4.10. The molecule has 0 N–H and O–H groups in total. The first kappa shape index (κ1) is 35.6. The minimum absolute atomic E-state index is 0.764. The lowest BCUT2D eigenvalue weighted by atomic mass is 10.1. The van der Waals surface area contributed by atoms with E-state index in [0.717, 1.165) is 110 Å². The third-order valence-electron chi connectivity index (χ3n) is 8.60. The number of rotatable bonds is 9. The van der Waals surface area contributed by atoms with Crippen molar-refractivity contribution in [3.05, 3.63) is 106 Å². The Bertz CT molecular complexity index is 2730. The summed E-state index contributed by atoms with van der Waals surface area (Å²) < 4.78 is 0. The van der Waals surface area contributed by atoms with Crippen LogP contribution in [0.1, 0.15) is 15.0 Å². The zero-order valence-corrected chi connectivity index (χ0v) is 34.9. The van der Waals surface area contributed by atoms with Crippen LogP contribution < -0.4 is 0 Å². The van der Waals surface area contributed by atoms with Crippen LogP contribution >= 0.6 is 68.0 Å². The van der Waals surface area contributed by atoms with Gasteiger partial charge in [-0.2, -0.15) is 0 Å². The van der Waals surface area contributed by atoms with Crippen LogP contribution in [0.25, 0.3) is 95.1 Å². The van der Waals surface area contributed by atoms with Crippen molar-refractivity contribution in [1.82, 2.24) is 61.2 Å². The van der Waals surface area contributed by atoms with Crippen LogP contribution in [0.15, 0.2) is 91.0 Å². The van der Waals surface area contributed by atoms with Gasteiger partial charge in [-0.1, -0.05) is 123 Å². The van der Waals surface area contributed by atoms with E-state index in [0.29, 0.717) is 0 Å². The molecule has 0 amide bonds. The Morgan fingerprint density at radius 2 is 0.439 bits per heavy atom. The van der Waals surface area contributed by atoms with E-state index >= 15 is 0 Å². The zero-order chi connectivity index (χ0) is 38.5. The second kappa shape index (κ2) is 15.0. The molecule has 10 rings (SSSR count). The highest BCUT2D eigenvalue weighted by Crippen LogP contribution is 2.41. The summed E-state index contributed by atoms with van der Waals surface area (Å²) in [6.45, 7) is 5.86. The van der Waals surface area contributed by atoms with E-state index in [2.05, 4.69) is 97.6 Å². The minimum atomic E-state index is 0.764. The third kappa shape index (κ3) is 7.34. The van der Waals surface area contributed by atoms with Crippen molar-refractivity contribution < 1.29 is 0 Å². The van der Waals surface area contributed by atoms with Gasteiger partial charge in [0, 0.05) is 50.1 Å². The van der Waals surface area contributed by atoms with Crippen LogP contribution in [0.5, 0.6) is 0 Å². The zero-order valence-electron chi connectivity index (χ0n) is 30.0. The molecule has 0 spiro atoms. The molecule has 10 aromatic rings. The summed E-state index contributed by atoms with van der Waals surface area (Å²) in [5.74, 6) is 0. The lowest BCUT2D eigenvalue weighted by molar-refractivity contribution is 1.05. The molecule has 0 aliphatic rings. The quantitative estimate of drug-likeness (QED) is 0.136. The Balaban J connectivity index is 1.03. The molecule has 0 atom stereocenters. The summed E-state index contributed by atoms with van der Waals surface area (Å²) >= 11 is 9.25. The van der Waals surface area contributed by atoms with Crippen LogP contribution in [0, 0.1) is 20.8 Å². The Hall–Kier alpha value is -5.76. The van der Waals surface area contributed by atoms with E-state index in [-0.39, 0.29) is 0 Å². The predicted octanol–water partition coefficient (Wildman–Crippen LogP) is 10.7. The second-order valence-electron chi connectivity index (χ2n) is 12.7. The monoisotopic (exact) mass is 852 g/mol. The fourth-order valence-electron chi connectivity index (χ4n) is 5.96. The Labute approximate surface area is 348 Å². The Morgan fingerprint density at radius 3 is 0.667 bits per heavy atom. The van der Waals surface area contributed by atoms with Crippen LogP contribution in [0.4, 0.5) is 0 Å². The molecule has 57 heavy (non-hydrogen) atoms. The van der Waals surface area contributed by atoms with E-state index < -0.39 is 0 Å². The number of aromatic nitrogens is 12. The first-order chi connectivity index (χ1) is 27.9. The summed E-state index contributed by atoms with van der Waals surface area (Å²) in [7, 11) is 0. The van der Waals surface area contributed by atoms with E-state index in [9.17, 15) is 0 Å². The molecule has 18 heteroatoms. The number of hydrogen-bond acceptors (Lipinski definition) is 18. The van der Waals surface area contributed by atoms with E-state index in [1.807, 2.05) is 75.4 Å². The highest BCUT2D eigenvalue weighted by Gasteiger charge is 2.19. The molecule has 0 saturated heterocycles. The van der Waals surface area contributed by atoms with Crippen molar-refractivity contribution in [3.63, 3.8) is 0 Å². The minimum Gasteiger partial charge on any atom is -0.143 e. The fourth-order valence-corrected chi connectivity index (χ4v) is 10.5. The van der Waals surface area contributed by atoms with Crippen molar-refractivity contribution in [2.24, 2.45) is 0 Å². The van der Waals surface area contributed by atoms with Crippen molar-refractivity contribution in [3.8, 4) is 95.1 Å². The topological polar surface area (TPSA) is 155 Å². The van der Waals surface area contributed by atoms with Gasteiger partial charge >= 0.3 is 0 Å². The van der Waals surface area contributed by atoms with Crippen LogP contribution in [-0.4, -0.2) is 61.2 Å². The summed E-state index contributed by atoms with van der Waals surface area (Å²) in [4.78, 5) is 0. The second-order valence-corrected chi connectivity index (χ2v) is 19.1. The lowest BCUT2D eigenvalue weighted by Crippen LogP contribution is -1.86. The van der Waals surface area contributed by atoms with Gasteiger partial charge in [-0.05, 0) is 57.2 Å². The summed E-state index contributed by atoms with van der Waals surface area (Å²) in [5.41, 5.74) is 8.51. The van der Waals surface area contributed by atoms with Gasteiger partial charge < -0.3 is 0 Å². The molecule has 0 saturated carbocycles. The van der Waals surface area contributed by atoms with Gasteiger partial charge in [-0.25, -0.2) is 0 Å². The number of benzene rings is 4. The van der Waals surface area contributed by atoms with E-state index in [1.165, 1.54) is 34.0 Å². The van der Waals surface area contributed by atoms with Gasteiger partial charge in [0.1, 0.15) is 60.1 Å². The summed E-state index contributed by atoms with van der Waals surface area (Å²) in [5, 5.41) is 63.6. The molecule has 0 bridgehead atoms. The third-order valence-corrected chi connectivity index (χ3v) is 14.3. The Morgan fingerprint density at radius 1 is 0.246 bits per heavy atom. The van der Waals surface area contributed by atoms with Gasteiger partial charge in [0.2, 0.25) is 0 Å². The first-order valence-electron chi connectivity index (χ1n) is 17.3. The summed E-state index contributed by atoms with van der Waals surface area (Å²) in [6.07, 6.45) is 0. The number of nitrogens with zero attached hydrogens (tertiary/aromatic N) is 12. The molecule has 0 aliphatic carbocycles. The largest absolute Gasteiger partial charge is 0.148 e. The fraction of sp³-hybridized carbons (Fsp3) is 0.0769. The molecule has 276 valence electrons. The smallest absolute Gasteiger partial charge is 0.143 e. The maximum atomic E-state index is 4.68. The molecule has 0 unspecified atom stereocenters. The van der Waals surface area contributed by atoms with Crippen LogP contribution in [0.3, 0.4) is 0 Å².